The van der Waals surface area contributed by atoms with Crippen LogP contribution >= 0.6 is 0 Å². The fourth-order valence-corrected chi connectivity index (χ4v) is 4.06. The molecular formula is C21H26N4O. The van der Waals surface area contributed by atoms with Crippen LogP contribution in [0.1, 0.15) is 30.5 Å². The van der Waals surface area contributed by atoms with E-state index in [4.69, 9.17) is 5.10 Å². The maximum absolute atomic E-state index is 12.8. The van der Waals surface area contributed by atoms with E-state index in [9.17, 15) is 4.79 Å². The van der Waals surface area contributed by atoms with Crippen molar-refractivity contribution in [1.82, 2.24) is 19.2 Å². The molecule has 1 aliphatic heterocycles. The topological polar surface area (TPSA) is 43.1 Å². The van der Waals surface area contributed by atoms with E-state index in [1.807, 2.05) is 53.4 Å². The molecule has 0 atom stereocenters. The maximum Gasteiger partial charge on any atom is 0.252 e. The predicted molar refractivity (Wildman–Crippen MR) is 105 cm³/mol. The smallest absolute Gasteiger partial charge is 0.252 e. The number of hydrogen-bond donors (Lipinski definition) is 0. The molecule has 136 valence electrons. The van der Waals surface area contributed by atoms with Crippen LogP contribution in [-0.4, -0.2) is 38.9 Å². The lowest BCUT2D eigenvalue weighted by atomic mass is 10.1. The van der Waals surface area contributed by atoms with Crippen molar-refractivity contribution in [2.45, 2.75) is 39.7 Å². The number of hydrogen-bond acceptors (Lipinski definition) is 3. The second-order valence-electron chi connectivity index (χ2n) is 7.25. The summed E-state index contributed by atoms with van der Waals surface area (Å²) in [5, 5.41) is 5.85. The van der Waals surface area contributed by atoms with Crippen LogP contribution in [0.25, 0.3) is 16.7 Å². The quantitative estimate of drug-likeness (QED) is 0.725. The molecule has 1 saturated heterocycles. The number of aryl methyl sites for hydroxylation is 2. The van der Waals surface area contributed by atoms with Gasteiger partial charge in [0.2, 0.25) is 0 Å². The van der Waals surface area contributed by atoms with Crippen LogP contribution in [0.4, 0.5) is 0 Å². The third-order valence-electron chi connectivity index (χ3n) is 5.38. The van der Waals surface area contributed by atoms with Crippen LogP contribution in [-0.2, 0) is 6.54 Å². The van der Waals surface area contributed by atoms with E-state index in [0.717, 1.165) is 47.6 Å². The molecule has 3 aromatic rings. The van der Waals surface area contributed by atoms with E-state index in [0.29, 0.717) is 6.54 Å². The molecule has 0 aliphatic carbocycles. The number of benzene rings is 1. The molecule has 3 heterocycles. The molecule has 1 aliphatic rings. The normalized spacial score (nSPS) is 15.6. The number of aromatic nitrogens is 3. The largest absolute Gasteiger partial charge is 0.302 e. The molecule has 1 aromatic carbocycles. The van der Waals surface area contributed by atoms with Crippen molar-refractivity contribution in [3.05, 3.63) is 58.0 Å². The average Bonchev–Trinajstić information content (AvgIpc) is 3.01. The Morgan fingerprint density at radius 3 is 2.46 bits per heavy atom. The molecule has 2 aromatic heterocycles. The zero-order valence-electron chi connectivity index (χ0n) is 15.6. The minimum absolute atomic E-state index is 0.0593. The van der Waals surface area contributed by atoms with Crippen LogP contribution in [0.5, 0.6) is 0 Å². The Bertz CT molecular complexity index is 965. The number of para-hydroxylation sites is 1. The highest BCUT2D eigenvalue weighted by molar-refractivity contribution is 5.83. The molecule has 0 amide bonds. The van der Waals surface area contributed by atoms with Gasteiger partial charge in [-0.05, 0) is 57.5 Å². The predicted octanol–water partition coefficient (Wildman–Crippen LogP) is 3.29. The molecule has 1 fully saturated rings. The monoisotopic (exact) mass is 350 g/mol. The van der Waals surface area contributed by atoms with Crippen molar-refractivity contribution < 1.29 is 0 Å². The van der Waals surface area contributed by atoms with Crippen LogP contribution in [0.15, 0.2) is 41.2 Å². The van der Waals surface area contributed by atoms with Gasteiger partial charge in [-0.3, -0.25) is 9.36 Å². The molecule has 4 rings (SSSR count). The number of pyridine rings is 1. The summed E-state index contributed by atoms with van der Waals surface area (Å²) in [4.78, 5) is 15.3. The first-order valence-electron chi connectivity index (χ1n) is 9.53. The molecule has 5 heteroatoms. The summed E-state index contributed by atoms with van der Waals surface area (Å²) in [7, 11) is 0. The van der Waals surface area contributed by atoms with E-state index in [2.05, 4.69) is 4.90 Å². The highest BCUT2D eigenvalue weighted by Gasteiger charge is 2.18. The fraction of sp³-hybridized carbons (Fsp3) is 0.429. The van der Waals surface area contributed by atoms with Gasteiger partial charge in [0.05, 0.1) is 11.4 Å². The van der Waals surface area contributed by atoms with Crippen molar-refractivity contribution in [3.8, 4) is 5.69 Å². The SMILES string of the molecule is Cc1cc(=O)n(CCN2CCCCC2)c2c1c(C)nn2-c1ccccc1. The van der Waals surface area contributed by atoms with Crippen molar-refractivity contribution in [2.75, 3.05) is 19.6 Å². The second kappa shape index (κ2) is 7.08. The van der Waals surface area contributed by atoms with E-state index in [1.54, 1.807) is 6.07 Å². The van der Waals surface area contributed by atoms with Crippen LogP contribution in [0, 0.1) is 13.8 Å². The minimum atomic E-state index is 0.0593. The van der Waals surface area contributed by atoms with Gasteiger partial charge in [-0.15, -0.1) is 0 Å². The lowest BCUT2D eigenvalue weighted by molar-refractivity contribution is 0.220. The van der Waals surface area contributed by atoms with Crippen LogP contribution < -0.4 is 5.56 Å². The van der Waals surface area contributed by atoms with E-state index in [1.165, 1.54) is 19.3 Å². The van der Waals surface area contributed by atoms with Gasteiger partial charge in [0.25, 0.3) is 5.56 Å². The third kappa shape index (κ3) is 3.07. The Labute approximate surface area is 153 Å². The summed E-state index contributed by atoms with van der Waals surface area (Å²) in [6, 6.07) is 11.8. The first kappa shape index (κ1) is 17.0. The highest BCUT2D eigenvalue weighted by atomic mass is 16.1. The first-order chi connectivity index (χ1) is 12.6. The molecule has 0 bridgehead atoms. The van der Waals surface area contributed by atoms with E-state index >= 15 is 0 Å². The maximum atomic E-state index is 12.8. The highest BCUT2D eigenvalue weighted by Crippen LogP contribution is 2.23. The average molecular weight is 350 g/mol. The standard InChI is InChI=1S/C21H26N4O/c1-16-15-19(26)24(14-13-23-11-7-4-8-12-23)21-20(16)17(2)22-25(21)18-9-5-3-6-10-18/h3,5-6,9-10,15H,4,7-8,11-14H2,1-2H3. The van der Waals surface area contributed by atoms with Crippen molar-refractivity contribution >= 4 is 11.0 Å². The summed E-state index contributed by atoms with van der Waals surface area (Å²) in [6.07, 6.45) is 3.85. The minimum Gasteiger partial charge on any atom is -0.302 e. The Hall–Kier alpha value is -2.40. The van der Waals surface area contributed by atoms with Crippen molar-refractivity contribution in [1.29, 1.82) is 0 Å². The summed E-state index contributed by atoms with van der Waals surface area (Å²) in [5.74, 6) is 0. The first-order valence-corrected chi connectivity index (χ1v) is 9.53. The molecular weight excluding hydrogens is 324 g/mol. The van der Waals surface area contributed by atoms with Crippen LogP contribution in [0.2, 0.25) is 0 Å². The number of likely N-dealkylation sites (tertiary alicyclic amines) is 1. The number of nitrogens with zero attached hydrogens (tertiary/aromatic N) is 4. The molecule has 0 N–H and O–H groups in total. The number of fused-ring (bicyclic) bond motifs is 1. The molecule has 0 spiro atoms. The van der Waals surface area contributed by atoms with E-state index < -0.39 is 0 Å². The zero-order chi connectivity index (χ0) is 18.1. The van der Waals surface area contributed by atoms with Gasteiger partial charge >= 0.3 is 0 Å². The Morgan fingerprint density at radius 1 is 1.00 bits per heavy atom. The van der Waals surface area contributed by atoms with Gasteiger partial charge in [0.1, 0.15) is 5.65 Å². The van der Waals surface area contributed by atoms with Gasteiger partial charge in [0, 0.05) is 24.5 Å². The van der Waals surface area contributed by atoms with Gasteiger partial charge in [-0.25, -0.2) is 4.68 Å². The molecule has 0 unspecified atom stereocenters. The zero-order valence-corrected chi connectivity index (χ0v) is 15.6. The molecule has 5 nitrogen and oxygen atoms in total. The number of piperidine rings is 1. The van der Waals surface area contributed by atoms with E-state index in [-0.39, 0.29) is 5.56 Å². The number of rotatable bonds is 4. The summed E-state index contributed by atoms with van der Waals surface area (Å²) in [6.45, 7) is 7.92. The Kier molecular flexibility index (Phi) is 4.64. The van der Waals surface area contributed by atoms with Crippen molar-refractivity contribution in [3.63, 3.8) is 0 Å². The lowest BCUT2D eigenvalue weighted by Crippen LogP contribution is -2.35. The summed E-state index contributed by atoms with van der Waals surface area (Å²) < 4.78 is 3.83. The molecule has 26 heavy (non-hydrogen) atoms. The summed E-state index contributed by atoms with van der Waals surface area (Å²) in [5.41, 5.74) is 3.93. The second-order valence-corrected chi connectivity index (χ2v) is 7.25. The van der Waals surface area contributed by atoms with Gasteiger partial charge < -0.3 is 4.90 Å². The lowest BCUT2D eigenvalue weighted by Gasteiger charge is -2.26. The van der Waals surface area contributed by atoms with Crippen LogP contribution in [0.3, 0.4) is 0 Å². The molecule has 0 radical (unpaired) electrons. The Morgan fingerprint density at radius 2 is 1.73 bits per heavy atom. The van der Waals surface area contributed by atoms with Gasteiger partial charge in [-0.2, -0.15) is 5.10 Å². The third-order valence-corrected chi connectivity index (χ3v) is 5.38. The fourth-order valence-electron chi connectivity index (χ4n) is 4.06. The Balaban J connectivity index is 1.82. The summed E-state index contributed by atoms with van der Waals surface area (Å²) >= 11 is 0. The van der Waals surface area contributed by atoms with Crippen molar-refractivity contribution in [2.24, 2.45) is 0 Å². The molecule has 0 saturated carbocycles. The van der Waals surface area contributed by atoms with Gasteiger partial charge in [-0.1, -0.05) is 24.6 Å². The van der Waals surface area contributed by atoms with Gasteiger partial charge in [0.15, 0.2) is 0 Å².